The molecule has 0 bridgehead atoms. The summed E-state index contributed by atoms with van der Waals surface area (Å²) in [6.07, 6.45) is 1.25. The molecule has 2 nitrogen and oxygen atoms in total. The molecule has 3 rings (SSSR count). The third-order valence-corrected chi connectivity index (χ3v) is 4.48. The molecule has 21 heavy (non-hydrogen) atoms. The second-order valence-electron chi connectivity index (χ2n) is 4.56. The number of carboxylic acids is 1. The zero-order valence-electron chi connectivity index (χ0n) is 10.9. The third kappa shape index (κ3) is 2.99. The minimum absolute atomic E-state index is 0.676. The largest absolute Gasteiger partial charge is 0.478 e. The molecule has 0 saturated carbocycles. The number of hydrogen-bond acceptors (Lipinski definition) is 2. The fourth-order valence-electron chi connectivity index (χ4n) is 2.18. The number of benzene rings is 2. The molecule has 4 heteroatoms. The highest BCUT2D eigenvalue weighted by atomic mass is 35.5. The first-order valence-corrected chi connectivity index (χ1v) is 7.52. The molecule has 0 aliphatic heterocycles. The van der Waals surface area contributed by atoms with Crippen molar-refractivity contribution in [1.29, 1.82) is 0 Å². The van der Waals surface area contributed by atoms with Crippen LogP contribution in [0.1, 0.15) is 10.4 Å². The summed E-state index contributed by atoms with van der Waals surface area (Å²) in [6.45, 7) is 0. The minimum atomic E-state index is -0.954. The summed E-state index contributed by atoms with van der Waals surface area (Å²) in [5, 5.41) is 10.8. The van der Waals surface area contributed by atoms with Crippen LogP contribution in [0.15, 0.2) is 60.7 Å². The Balaban J connectivity index is 2.17. The summed E-state index contributed by atoms with van der Waals surface area (Å²) in [4.78, 5) is 12.1. The van der Waals surface area contributed by atoms with Crippen molar-refractivity contribution in [3.8, 4) is 0 Å². The van der Waals surface area contributed by atoms with Crippen molar-refractivity contribution in [2.45, 2.75) is 0 Å². The van der Waals surface area contributed by atoms with Gasteiger partial charge in [0.25, 0.3) is 0 Å². The van der Waals surface area contributed by atoms with Crippen molar-refractivity contribution < 1.29 is 9.90 Å². The average molecular weight is 315 g/mol. The lowest BCUT2D eigenvalue weighted by molar-refractivity contribution is -0.131. The molecular formula is C17H11ClO2S. The van der Waals surface area contributed by atoms with Crippen LogP contribution in [0.25, 0.3) is 15.7 Å². The normalized spacial score (nSPS) is 11.8. The van der Waals surface area contributed by atoms with Crippen LogP contribution >= 0.6 is 22.9 Å². The predicted molar refractivity (Wildman–Crippen MR) is 88.0 cm³/mol. The Morgan fingerprint density at radius 2 is 1.86 bits per heavy atom. The van der Waals surface area contributed by atoms with E-state index < -0.39 is 5.97 Å². The number of aliphatic carboxylic acids is 1. The van der Waals surface area contributed by atoms with Crippen LogP contribution in [0, 0.1) is 0 Å². The summed E-state index contributed by atoms with van der Waals surface area (Å²) < 4.78 is 1.08. The van der Waals surface area contributed by atoms with Crippen LogP contribution in [0.5, 0.6) is 0 Å². The number of rotatable bonds is 3. The van der Waals surface area contributed by atoms with Crippen molar-refractivity contribution in [1.82, 2.24) is 0 Å². The summed E-state index contributed by atoms with van der Waals surface area (Å²) in [7, 11) is 0. The Hall–Kier alpha value is -2.10. The maximum Gasteiger partial charge on any atom is 0.328 e. The molecule has 2 aromatic carbocycles. The molecule has 0 unspecified atom stereocenters. The van der Waals surface area contributed by atoms with Gasteiger partial charge in [0.1, 0.15) is 0 Å². The van der Waals surface area contributed by atoms with Crippen LogP contribution in [-0.2, 0) is 4.79 Å². The number of thiophene rings is 1. The molecule has 1 aromatic heterocycles. The van der Waals surface area contributed by atoms with Crippen molar-refractivity contribution >= 4 is 44.6 Å². The summed E-state index contributed by atoms with van der Waals surface area (Å²) >= 11 is 7.57. The zero-order chi connectivity index (χ0) is 14.8. The fourth-order valence-corrected chi connectivity index (χ4v) is 3.45. The number of hydrogen-bond donors (Lipinski definition) is 1. The summed E-state index contributed by atoms with van der Waals surface area (Å²) in [6, 6.07) is 17.2. The van der Waals surface area contributed by atoms with E-state index in [1.165, 1.54) is 6.08 Å². The molecule has 0 radical (unpaired) electrons. The lowest BCUT2D eigenvalue weighted by Crippen LogP contribution is -1.92. The number of fused-ring (bicyclic) bond motifs is 1. The molecule has 104 valence electrons. The van der Waals surface area contributed by atoms with E-state index in [0.29, 0.717) is 10.6 Å². The van der Waals surface area contributed by atoms with E-state index in [4.69, 9.17) is 16.7 Å². The molecule has 0 spiro atoms. The topological polar surface area (TPSA) is 37.3 Å². The lowest BCUT2D eigenvalue weighted by Gasteiger charge is -2.04. The monoisotopic (exact) mass is 314 g/mol. The molecule has 0 saturated heterocycles. The molecule has 3 aromatic rings. The number of carbonyl (C=O) groups is 1. The first-order valence-electron chi connectivity index (χ1n) is 6.33. The van der Waals surface area contributed by atoms with Gasteiger partial charge in [-0.15, -0.1) is 11.3 Å². The molecular weight excluding hydrogens is 304 g/mol. The van der Waals surface area contributed by atoms with Crippen molar-refractivity contribution in [2.24, 2.45) is 0 Å². The van der Waals surface area contributed by atoms with Crippen LogP contribution in [-0.4, -0.2) is 11.1 Å². The van der Waals surface area contributed by atoms with E-state index in [9.17, 15) is 4.79 Å². The van der Waals surface area contributed by atoms with Gasteiger partial charge in [-0.2, -0.15) is 0 Å². The number of carboxylic acid groups (broad SMARTS) is 1. The maximum absolute atomic E-state index is 11.1. The van der Waals surface area contributed by atoms with Crippen LogP contribution in [0.4, 0.5) is 0 Å². The molecule has 0 amide bonds. The summed E-state index contributed by atoms with van der Waals surface area (Å²) in [5.41, 5.74) is 1.60. The standard InChI is InChI=1S/C17H11ClO2S/c18-13-6-7-15-12(8-13)9-16(21-15)14(10-17(19)20)11-4-2-1-3-5-11/h1-10H,(H,19,20). The molecule has 0 fully saturated rings. The van der Waals surface area contributed by atoms with Gasteiger partial charge in [0.05, 0.1) is 0 Å². The minimum Gasteiger partial charge on any atom is -0.478 e. The second-order valence-corrected chi connectivity index (χ2v) is 6.08. The van der Waals surface area contributed by atoms with Crippen molar-refractivity contribution in [3.63, 3.8) is 0 Å². The van der Waals surface area contributed by atoms with Gasteiger partial charge < -0.3 is 5.11 Å². The quantitative estimate of drug-likeness (QED) is 0.685. The van der Waals surface area contributed by atoms with E-state index in [-0.39, 0.29) is 0 Å². The van der Waals surface area contributed by atoms with Crippen molar-refractivity contribution in [2.75, 3.05) is 0 Å². The van der Waals surface area contributed by atoms with E-state index in [0.717, 1.165) is 20.5 Å². The predicted octanol–water partition coefficient (Wildman–Crippen LogP) is 5.07. The van der Waals surface area contributed by atoms with E-state index in [1.807, 2.05) is 54.6 Å². The highest BCUT2D eigenvalue weighted by Crippen LogP contribution is 2.35. The molecule has 0 atom stereocenters. The Labute approximate surface area is 130 Å². The highest BCUT2D eigenvalue weighted by molar-refractivity contribution is 7.20. The molecule has 0 aliphatic carbocycles. The van der Waals surface area contributed by atoms with Gasteiger partial charge in [0.2, 0.25) is 0 Å². The average Bonchev–Trinajstić information content (AvgIpc) is 2.88. The lowest BCUT2D eigenvalue weighted by atomic mass is 10.0. The Kier molecular flexibility index (Phi) is 3.78. The van der Waals surface area contributed by atoms with Gasteiger partial charge in [-0.05, 0) is 35.2 Å². The zero-order valence-corrected chi connectivity index (χ0v) is 12.5. The summed E-state index contributed by atoms with van der Waals surface area (Å²) in [5.74, 6) is -0.954. The van der Waals surface area contributed by atoms with Crippen molar-refractivity contribution in [3.05, 3.63) is 76.1 Å². The van der Waals surface area contributed by atoms with Gasteiger partial charge >= 0.3 is 5.97 Å². The Morgan fingerprint density at radius 3 is 2.57 bits per heavy atom. The molecule has 0 aliphatic rings. The van der Waals surface area contributed by atoms with Crippen LogP contribution in [0.2, 0.25) is 5.02 Å². The Bertz CT molecular complexity index is 834. The number of halogens is 1. The first kappa shape index (κ1) is 13.9. The Morgan fingerprint density at radius 1 is 1.10 bits per heavy atom. The van der Waals surface area contributed by atoms with Crippen LogP contribution < -0.4 is 0 Å². The molecule has 1 heterocycles. The van der Waals surface area contributed by atoms with Gasteiger partial charge in [-0.25, -0.2) is 4.79 Å². The first-order chi connectivity index (χ1) is 10.1. The van der Waals surface area contributed by atoms with Gasteiger partial charge in [0, 0.05) is 26.2 Å². The fraction of sp³-hybridized carbons (Fsp3) is 0. The highest BCUT2D eigenvalue weighted by Gasteiger charge is 2.11. The maximum atomic E-state index is 11.1. The smallest absolute Gasteiger partial charge is 0.328 e. The van der Waals surface area contributed by atoms with Gasteiger partial charge in [0.15, 0.2) is 0 Å². The van der Waals surface area contributed by atoms with Gasteiger partial charge in [-0.3, -0.25) is 0 Å². The van der Waals surface area contributed by atoms with E-state index >= 15 is 0 Å². The van der Waals surface area contributed by atoms with E-state index in [1.54, 1.807) is 11.3 Å². The third-order valence-electron chi connectivity index (χ3n) is 3.10. The molecule has 1 N–H and O–H groups in total. The van der Waals surface area contributed by atoms with E-state index in [2.05, 4.69) is 0 Å². The van der Waals surface area contributed by atoms with Gasteiger partial charge in [-0.1, -0.05) is 41.9 Å². The second kappa shape index (κ2) is 5.72. The van der Waals surface area contributed by atoms with Crippen LogP contribution in [0.3, 0.4) is 0 Å². The SMILES string of the molecule is O=C(O)C=C(c1ccccc1)c1cc2cc(Cl)ccc2s1.